The van der Waals surface area contributed by atoms with Gasteiger partial charge in [0.2, 0.25) is 0 Å². The van der Waals surface area contributed by atoms with Crippen LogP contribution in [0.15, 0.2) is 60.7 Å². The summed E-state index contributed by atoms with van der Waals surface area (Å²) in [5.74, 6) is -1.20. The molecule has 0 heterocycles. The van der Waals surface area contributed by atoms with Gasteiger partial charge in [-0.3, -0.25) is 0 Å². The van der Waals surface area contributed by atoms with Crippen molar-refractivity contribution >= 4 is 6.09 Å². The number of alkyl carbamates (subject to hydrolysis) is 1. The van der Waals surface area contributed by atoms with Gasteiger partial charge in [-0.05, 0) is 47.0 Å². The maximum Gasteiger partial charge on any atom is 0.416 e. The summed E-state index contributed by atoms with van der Waals surface area (Å²) < 4.78 is 76.3. The number of amides is 1. The number of benzene rings is 3. The Kier molecular flexibility index (Phi) is 6.97. The average Bonchev–Trinajstić information content (AvgIpc) is 2.74. The lowest BCUT2D eigenvalue weighted by molar-refractivity contribution is -0.137. The first-order valence-corrected chi connectivity index (χ1v) is 9.36. The second-order valence-corrected chi connectivity index (χ2v) is 6.78. The molecule has 0 spiro atoms. The topological polar surface area (TPSA) is 47.6 Å². The van der Waals surface area contributed by atoms with Crippen molar-refractivity contribution in [2.45, 2.75) is 19.3 Å². The third-order valence-corrected chi connectivity index (χ3v) is 4.55. The van der Waals surface area contributed by atoms with Crippen molar-refractivity contribution in [3.8, 4) is 16.9 Å². The zero-order valence-corrected chi connectivity index (χ0v) is 16.8. The number of hydrogen-bond donors (Lipinski definition) is 1. The van der Waals surface area contributed by atoms with Gasteiger partial charge in [0.05, 0.1) is 12.7 Å². The van der Waals surface area contributed by atoms with E-state index >= 15 is 0 Å². The highest BCUT2D eigenvalue weighted by Crippen LogP contribution is 2.36. The Morgan fingerprint density at radius 2 is 1.62 bits per heavy atom. The van der Waals surface area contributed by atoms with E-state index in [9.17, 15) is 26.7 Å². The zero-order valence-electron chi connectivity index (χ0n) is 16.8. The van der Waals surface area contributed by atoms with Crippen LogP contribution in [0.5, 0.6) is 5.75 Å². The number of carbonyl (C=O) groups excluding carboxylic acids is 1. The molecule has 3 aromatic rings. The van der Waals surface area contributed by atoms with Gasteiger partial charge in [0.15, 0.2) is 0 Å². The van der Waals surface area contributed by atoms with Crippen LogP contribution in [0.2, 0.25) is 0 Å². The summed E-state index contributed by atoms with van der Waals surface area (Å²) in [5.41, 5.74) is 0.369. The first kappa shape index (κ1) is 23.1. The van der Waals surface area contributed by atoms with Crippen molar-refractivity contribution in [3.63, 3.8) is 0 Å². The Morgan fingerprint density at radius 1 is 0.938 bits per heavy atom. The van der Waals surface area contributed by atoms with E-state index in [1.54, 1.807) is 24.3 Å². The number of hydrogen-bond acceptors (Lipinski definition) is 3. The maximum atomic E-state index is 13.2. The second-order valence-electron chi connectivity index (χ2n) is 6.78. The maximum absolute atomic E-state index is 13.2. The molecule has 1 amide bonds. The molecule has 0 aliphatic carbocycles. The summed E-state index contributed by atoms with van der Waals surface area (Å²) in [6, 6.07) is 12.6. The number of alkyl halides is 3. The highest BCUT2D eigenvalue weighted by atomic mass is 19.4. The Balaban J connectivity index is 1.79. The molecule has 0 aliphatic heterocycles. The molecule has 1 N–H and O–H groups in total. The van der Waals surface area contributed by atoms with Gasteiger partial charge >= 0.3 is 12.3 Å². The molecule has 3 rings (SSSR count). The number of methoxy groups -OCH3 is 1. The number of nitrogens with one attached hydrogen (secondary N) is 1. The Hall–Kier alpha value is -3.62. The third-order valence-electron chi connectivity index (χ3n) is 4.55. The second kappa shape index (κ2) is 9.67. The van der Waals surface area contributed by atoms with Crippen LogP contribution in [-0.4, -0.2) is 13.2 Å². The highest BCUT2D eigenvalue weighted by Gasteiger charge is 2.31. The summed E-state index contributed by atoms with van der Waals surface area (Å²) in [6.45, 7) is -0.698. The summed E-state index contributed by atoms with van der Waals surface area (Å²) in [5, 5.41) is 2.37. The van der Waals surface area contributed by atoms with Gasteiger partial charge in [-0.25, -0.2) is 13.6 Å². The minimum atomic E-state index is -4.57. The van der Waals surface area contributed by atoms with Crippen molar-refractivity contribution < 1.29 is 36.2 Å². The van der Waals surface area contributed by atoms with Crippen LogP contribution in [0.3, 0.4) is 0 Å². The van der Waals surface area contributed by atoms with Gasteiger partial charge in [0.1, 0.15) is 24.0 Å². The van der Waals surface area contributed by atoms with Crippen LogP contribution in [0.4, 0.5) is 26.7 Å². The van der Waals surface area contributed by atoms with E-state index in [-0.39, 0.29) is 17.7 Å². The predicted octanol–water partition coefficient (Wildman–Crippen LogP) is 6.09. The third kappa shape index (κ3) is 5.75. The molecule has 0 saturated carbocycles. The summed E-state index contributed by atoms with van der Waals surface area (Å²) >= 11 is 0. The molecule has 0 radical (unpaired) electrons. The summed E-state index contributed by atoms with van der Waals surface area (Å²) in [4.78, 5) is 12.0. The van der Waals surface area contributed by atoms with E-state index in [0.717, 1.165) is 24.3 Å². The van der Waals surface area contributed by atoms with E-state index in [0.29, 0.717) is 22.9 Å². The van der Waals surface area contributed by atoms with Crippen molar-refractivity contribution in [1.29, 1.82) is 0 Å². The van der Waals surface area contributed by atoms with Gasteiger partial charge < -0.3 is 14.8 Å². The molecule has 0 aromatic heterocycles. The van der Waals surface area contributed by atoms with Crippen molar-refractivity contribution in [3.05, 3.63) is 89.0 Å². The predicted molar refractivity (Wildman–Crippen MR) is 107 cm³/mol. The molecule has 3 aromatic carbocycles. The largest absolute Gasteiger partial charge is 0.496 e. The number of para-hydroxylation sites is 1. The van der Waals surface area contributed by atoms with E-state index in [2.05, 4.69) is 5.32 Å². The van der Waals surface area contributed by atoms with E-state index in [1.165, 1.54) is 13.2 Å². The lowest BCUT2D eigenvalue weighted by Crippen LogP contribution is -2.24. The fraction of sp³-hybridized carbons (Fsp3) is 0.174. The van der Waals surface area contributed by atoms with E-state index in [4.69, 9.17) is 9.47 Å². The fourth-order valence-electron chi connectivity index (χ4n) is 3.11. The number of halogens is 5. The standard InChI is InChI=1S/C23H18F5NO3/c1-31-21-5-3-2-4-20(21)19-7-6-16(23(26,27)28)10-15(19)12-29-22(30)32-13-14-8-17(24)11-18(25)9-14/h2-11H,12-13H2,1H3,(H,29,30). The van der Waals surface area contributed by atoms with Crippen molar-refractivity contribution in [1.82, 2.24) is 5.32 Å². The summed E-state index contributed by atoms with van der Waals surface area (Å²) in [7, 11) is 1.44. The summed E-state index contributed by atoms with van der Waals surface area (Å²) in [6.07, 6.45) is -5.53. The monoisotopic (exact) mass is 451 g/mol. The van der Waals surface area contributed by atoms with Gasteiger partial charge in [-0.2, -0.15) is 13.2 Å². The zero-order chi connectivity index (χ0) is 23.3. The first-order valence-electron chi connectivity index (χ1n) is 9.36. The van der Waals surface area contributed by atoms with Gasteiger partial charge in [-0.1, -0.05) is 24.3 Å². The lowest BCUT2D eigenvalue weighted by Gasteiger charge is -2.16. The number of rotatable bonds is 6. The van der Waals surface area contributed by atoms with E-state index < -0.39 is 36.1 Å². The van der Waals surface area contributed by atoms with Gasteiger partial charge in [0, 0.05) is 18.2 Å². The Labute approximate surface area is 180 Å². The van der Waals surface area contributed by atoms with Gasteiger partial charge in [-0.15, -0.1) is 0 Å². The Morgan fingerprint density at radius 3 is 2.28 bits per heavy atom. The first-order chi connectivity index (χ1) is 15.2. The molecule has 0 saturated heterocycles. The number of ether oxygens (including phenoxy) is 2. The quantitative estimate of drug-likeness (QED) is 0.462. The molecule has 0 aliphatic rings. The average molecular weight is 451 g/mol. The number of carbonyl (C=O) groups is 1. The highest BCUT2D eigenvalue weighted by molar-refractivity contribution is 5.75. The van der Waals surface area contributed by atoms with Gasteiger partial charge in [0.25, 0.3) is 0 Å². The molecule has 0 bridgehead atoms. The molecular formula is C23H18F5NO3. The van der Waals surface area contributed by atoms with E-state index in [1.807, 2.05) is 0 Å². The smallest absolute Gasteiger partial charge is 0.416 e. The Bertz CT molecular complexity index is 1090. The molecule has 0 atom stereocenters. The molecular weight excluding hydrogens is 433 g/mol. The van der Waals surface area contributed by atoms with Crippen LogP contribution >= 0.6 is 0 Å². The van der Waals surface area contributed by atoms with Crippen LogP contribution < -0.4 is 10.1 Å². The molecule has 0 fully saturated rings. The van der Waals surface area contributed by atoms with Crippen LogP contribution in [-0.2, 0) is 24.1 Å². The van der Waals surface area contributed by atoms with Crippen molar-refractivity contribution in [2.24, 2.45) is 0 Å². The lowest BCUT2D eigenvalue weighted by atomic mass is 9.96. The minimum absolute atomic E-state index is 0.0893. The van der Waals surface area contributed by atoms with Crippen molar-refractivity contribution in [2.75, 3.05) is 7.11 Å². The fourth-order valence-corrected chi connectivity index (χ4v) is 3.11. The minimum Gasteiger partial charge on any atom is -0.496 e. The molecule has 9 heteroatoms. The van der Waals surface area contributed by atoms with Crippen LogP contribution in [0, 0.1) is 11.6 Å². The van der Waals surface area contributed by atoms with Crippen LogP contribution in [0.1, 0.15) is 16.7 Å². The molecule has 0 unspecified atom stereocenters. The SMILES string of the molecule is COc1ccccc1-c1ccc(C(F)(F)F)cc1CNC(=O)OCc1cc(F)cc(F)c1. The normalized spacial score (nSPS) is 11.2. The van der Waals surface area contributed by atoms with Crippen LogP contribution in [0.25, 0.3) is 11.1 Å². The molecule has 32 heavy (non-hydrogen) atoms. The molecule has 168 valence electrons. The molecule has 4 nitrogen and oxygen atoms in total.